The third kappa shape index (κ3) is 6.99. The van der Waals surface area contributed by atoms with Crippen LogP contribution in [0, 0.1) is 0 Å². The molecule has 0 spiro atoms. The van der Waals surface area contributed by atoms with Gasteiger partial charge < -0.3 is 10.6 Å². The predicted molar refractivity (Wildman–Crippen MR) is 134 cm³/mol. The van der Waals surface area contributed by atoms with E-state index in [2.05, 4.69) is 38.7 Å². The third-order valence-corrected chi connectivity index (χ3v) is 6.35. The normalized spacial score (nSPS) is 15.4. The van der Waals surface area contributed by atoms with E-state index in [1.807, 2.05) is 60.8 Å². The van der Waals surface area contributed by atoms with Crippen LogP contribution in [0.25, 0.3) is 0 Å². The van der Waals surface area contributed by atoms with Crippen LogP contribution in [-0.2, 0) is 11.2 Å². The van der Waals surface area contributed by atoms with Crippen molar-refractivity contribution in [2.75, 3.05) is 26.2 Å². The van der Waals surface area contributed by atoms with Crippen LogP contribution < -0.4 is 10.6 Å². The van der Waals surface area contributed by atoms with E-state index >= 15 is 0 Å². The van der Waals surface area contributed by atoms with Crippen LogP contribution in [-0.4, -0.2) is 53.9 Å². The Morgan fingerprint density at radius 2 is 1.65 bits per heavy atom. The Kier molecular flexibility index (Phi) is 8.41. The van der Waals surface area contributed by atoms with Crippen molar-refractivity contribution in [1.29, 1.82) is 0 Å². The molecule has 1 aromatic heterocycles. The van der Waals surface area contributed by atoms with Gasteiger partial charge in [0.2, 0.25) is 5.91 Å². The van der Waals surface area contributed by atoms with E-state index < -0.39 is 0 Å². The first-order valence-electron chi connectivity index (χ1n) is 12.0. The highest BCUT2D eigenvalue weighted by Crippen LogP contribution is 2.20. The van der Waals surface area contributed by atoms with E-state index in [1.165, 1.54) is 5.56 Å². The summed E-state index contributed by atoms with van der Waals surface area (Å²) in [7, 11) is 0. The van der Waals surface area contributed by atoms with Gasteiger partial charge in [0.1, 0.15) is 0 Å². The number of rotatable bonds is 9. The number of aromatic nitrogens is 1. The molecular formula is C28H32N4O2. The molecule has 176 valence electrons. The number of hydrogen-bond acceptors (Lipinski definition) is 4. The Balaban J connectivity index is 1.23. The maximum Gasteiger partial charge on any atom is 0.251 e. The molecule has 2 amide bonds. The Labute approximate surface area is 201 Å². The lowest BCUT2D eigenvalue weighted by atomic mass is 9.92. The van der Waals surface area contributed by atoms with Crippen molar-refractivity contribution < 1.29 is 9.59 Å². The van der Waals surface area contributed by atoms with Gasteiger partial charge in [0, 0.05) is 49.6 Å². The average molecular weight is 457 g/mol. The molecule has 0 radical (unpaired) electrons. The van der Waals surface area contributed by atoms with Crippen LogP contribution in [0.5, 0.6) is 0 Å². The predicted octanol–water partition coefficient (Wildman–Crippen LogP) is 3.42. The summed E-state index contributed by atoms with van der Waals surface area (Å²) in [6.45, 7) is 2.56. The Morgan fingerprint density at radius 1 is 0.941 bits per heavy atom. The van der Waals surface area contributed by atoms with Gasteiger partial charge in [0.15, 0.2) is 0 Å². The Bertz CT molecular complexity index is 1040. The minimum Gasteiger partial charge on any atom is -0.354 e. The molecule has 1 saturated heterocycles. The molecule has 2 N–H and O–H groups in total. The number of hydrogen-bond donors (Lipinski definition) is 2. The smallest absolute Gasteiger partial charge is 0.251 e. The lowest BCUT2D eigenvalue weighted by Crippen LogP contribution is -2.47. The van der Waals surface area contributed by atoms with Gasteiger partial charge in [-0.1, -0.05) is 54.6 Å². The van der Waals surface area contributed by atoms with E-state index in [4.69, 9.17) is 0 Å². The van der Waals surface area contributed by atoms with E-state index in [1.54, 1.807) is 6.20 Å². The van der Waals surface area contributed by atoms with Crippen LogP contribution in [0.4, 0.5) is 0 Å². The zero-order valence-electron chi connectivity index (χ0n) is 19.4. The SMILES string of the molecule is O=C(CN1CCC(NC(=O)c2ccccc2)CC1)NCC(Cc1cccnc1)c1ccccc1. The van der Waals surface area contributed by atoms with Gasteiger partial charge in [0.25, 0.3) is 5.91 Å². The number of nitrogens with one attached hydrogen (secondary N) is 2. The molecule has 1 fully saturated rings. The zero-order valence-corrected chi connectivity index (χ0v) is 19.4. The third-order valence-electron chi connectivity index (χ3n) is 6.35. The number of carbonyl (C=O) groups is 2. The van der Waals surface area contributed by atoms with Crippen LogP contribution in [0.3, 0.4) is 0 Å². The number of amides is 2. The number of pyridine rings is 1. The second-order valence-electron chi connectivity index (χ2n) is 8.87. The van der Waals surface area contributed by atoms with E-state index in [0.717, 1.165) is 37.9 Å². The van der Waals surface area contributed by atoms with E-state index in [-0.39, 0.29) is 23.8 Å². The topological polar surface area (TPSA) is 74.3 Å². The molecule has 2 aromatic carbocycles. The standard InChI is InChI=1S/C28H32N4O2/c33-27(21-32-16-13-26(14-17-32)31-28(34)24-11-5-2-6-12-24)30-20-25(23-9-3-1-4-10-23)18-22-8-7-15-29-19-22/h1-12,15,19,25-26H,13-14,16-18,20-21H2,(H,30,33)(H,31,34). The summed E-state index contributed by atoms with van der Waals surface area (Å²) >= 11 is 0. The minimum absolute atomic E-state index is 0.0302. The van der Waals surface area contributed by atoms with Gasteiger partial charge in [-0.3, -0.25) is 19.5 Å². The molecule has 1 atom stereocenters. The Hall–Kier alpha value is -3.51. The Morgan fingerprint density at radius 3 is 2.32 bits per heavy atom. The number of likely N-dealkylation sites (tertiary alicyclic amines) is 1. The molecule has 0 saturated carbocycles. The molecule has 3 aromatic rings. The van der Waals surface area contributed by atoms with Crippen LogP contribution in [0.15, 0.2) is 85.2 Å². The molecule has 4 rings (SSSR count). The maximum atomic E-state index is 12.7. The van der Waals surface area contributed by atoms with E-state index in [0.29, 0.717) is 18.7 Å². The number of benzene rings is 2. The number of nitrogens with zero attached hydrogens (tertiary/aromatic N) is 2. The largest absolute Gasteiger partial charge is 0.354 e. The van der Waals surface area contributed by atoms with Gasteiger partial charge in [-0.2, -0.15) is 0 Å². The fourth-order valence-corrected chi connectivity index (χ4v) is 4.43. The van der Waals surface area contributed by atoms with Crippen molar-refractivity contribution in [2.45, 2.75) is 31.2 Å². The molecular weight excluding hydrogens is 424 g/mol. The first kappa shape index (κ1) is 23.6. The second kappa shape index (κ2) is 12.1. The molecule has 1 aliphatic heterocycles. The molecule has 2 heterocycles. The molecule has 1 aliphatic rings. The zero-order chi connectivity index (χ0) is 23.6. The fourth-order valence-electron chi connectivity index (χ4n) is 4.43. The summed E-state index contributed by atoms with van der Waals surface area (Å²) in [4.78, 5) is 31.5. The molecule has 1 unspecified atom stereocenters. The van der Waals surface area contributed by atoms with Crippen LogP contribution in [0.1, 0.15) is 40.2 Å². The van der Waals surface area contributed by atoms with Gasteiger partial charge in [-0.15, -0.1) is 0 Å². The maximum absolute atomic E-state index is 12.7. The van der Waals surface area contributed by atoms with Crippen molar-refractivity contribution >= 4 is 11.8 Å². The lowest BCUT2D eigenvalue weighted by Gasteiger charge is -2.32. The van der Waals surface area contributed by atoms with Gasteiger partial charge in [-0.05, 0) is 48.6 Å². The lowest BCUT2D eigenvalue weighted by molar-refractivity contribution is -0.122. The summed E-state index contributed by atoms with van der Waals surface area (Å²) in [5.74, 6) is 0.199. The van der Waals surface area contributed by atoms with Gasteiger partial charge in [0.05, 0.1) is 6.54 Å². The van der Waals surface area contributed by atoms with Crippen molar-refractivity contribution in [3.63, 3.8) is 0 Å². The summed E-state index contributed by atoms with van der Waals surface area (Å²) in [6.07, 6.45) is 6.18. The molecule has 0 aliphatic carbocycles. The highest BCUT2D eigenvalue weighted by Gasteiger charge is 2.23. The first-order valence-corrected chi connectivity index (χ1v) is 12.0. The quantitative estimate of drug-likeness (QED) is 0.518. The monoisotopic (exact) mass is 456 g/mol. The first-order chi connectivity index (χ1) is 16.7. The second-order valence-corrected chi connectivity index (χ2v) is 8.87. The van der Waals surface area contributed by atoms with Crippen molar-refractivity contribution in [3.8, 4) is 0 Å². The summed E-state index contributed by atoms with van der Waals surface area (Å²) in [5, 5.41) is 6.26. The minimum atomic E-state index is -0.0302. The highest BCUT2D eigenvalue weighted by atomic mass is 16.2. The van der Waals surface area contributed by atoms with Crippen molar-refractivity contribution in [3.05, 3.63) is 102 Å². The van der Waals surface area contributed by atoms with Crippen molar-refractivity contribution in [2.24, 2.45) is 0 Å². The van der Waals surface area contributed by atoms with Gasteiger partial charge >= 0.3 is 0 Å². The highest BCUT2D eigenvalue weighted by molar-refractivity contribution is 5.94. The number of piperidine rings is 1. The van der Waals surface area contributed by atoms with Gasteiger partial charge in [-0.25, -0.2) is 0 Å². The number of carbonyl (C=O) groups excluding carboxylic acids is 2. The molecule has 6 nitrogen and oxygen atoms in total. The fraction of sp³-hybridized carbons (Fsp3) is 0.321. The molecule has 0 bridgehead atoms. The summed E-state index contributed by atoms with van der Waals surface area (Å²) < 4.78 is 0. The average Bonchev–Trinajstić information content (AvgIpc) is 2.89. The molecule has 6 heteroatoms. The van der Waals surface area contributed by atoms with Crippen molar-refractivity contribution in [1.82, 2.24) is 20.5 Å². The van der Waals surface area contributed by atoms with Crippen LogP contribution >= 0.6 is 0 Å². The van der Waals surface area contributed by atoms with Crippen LogP contribution in [0.2, 0.25) is 0 Å². The summed E-state index contributed by atoms with van der Waals surface area (Å²) in [6, 6.07) is 23.8. The summed E-state index contributed by atoms with van der Waals surface area (Å²) in [5.41, 5.74) is 3.05. The van der Waals surface area contributed by atoms with E-state index in [9.17, 15) is 9.59 Å². The molecule has 34 heavy (non-hydrogen) atoms.